The van der Waals surface area contributed by atoms with Crippen molar-refractivity contribution in [2.75, 3.05) is 13.7 Å². The fourth-order valence-electron chi connectivity index (χ4n) is 1.91. The van der Waals surface area contributed by atoms with Crippen molar-refractivity contribution in [2.24, 2.45) is 0 Å². The molecule has 0 heterocycles. The molecule has 0 aromatic heterocycles. The largest absolute Gasteiger partial charge is 0.494 e. The first-order chi connectivity index (χ1) is 10.5. The van der Waals surface area contributed by atoms with Crippen LogP contribution in [0, 0.1) is 11.3 Å². The van der Waals surface area contributed by atoms with E-state index in [1.807, 2.05) is 6.92 Å². The third-order valence-corrected chi connectivity index (χ3v) is 3.49. The number of amides is 1. The summed E-state index contributed by atoms with van der Waals surface area (Å²) in [5.41, 5.74) is 0.610. The number of benzene rings is 1. The normalized spacial score (nSPS) is 11.4. The second-order valence-corrected chi connectivity index (χ2v) is 5.25. The van der Waals surface area contributed by atoms with Gasteiger partial charge in [0.25, 0.3) is 0 Å². The molecule has 1 rings (SSSR count). The summed E-state index contributed by atoms with van der Waals surface area (Å²) in [4.78, 5) is 24.8. The number of hydrogen-bond donors (Lipinski definition) is 0. The zero-order chi connectivity index (χ0) is 16.5. The van der Waals surface area contributed by atoms with Gasteiger partial charge in [-0.05, 0) is 32.4 Å². The van der Waals surface area contributed by atoms with Gasteiger partial charge in [-0.3, -0.25) is 9.59 Å². The highest BCUT2D eigenvalue weighted by Crippen LogP contribution is 2.14. The van der Waals surface area contributed by atoms with Gasteiger partial charge in [-0.1, -0.05) is 12.1 Å². The lowest BCUT2D eigenvalue weighted by Gasteiger charge is -2.22. The maximum absolute atomic E-state index is 11.9. The Balaban J connectivity index is 2.36. The fourth-order valence-corrected chi connectivity index (χ4v) is 1.91. The molecule has 0 saturated carbocycles. The zero-order valence-corrected chi connectivity index (χ0v) is 13.3. The van der Waals surface area contributed by atoms with Gasteiger partial charge in [-0.15, -0.1) is 0 Å². The van der Waals surface area contributed by atoms with E-state index in [0.717, 1.165) is 0 Å². The highest BCUT2D eigenvalue weighted by molar-refractivity contribution is 5.94. The van der Waals surface area contributed by atoms with Crippen LogP contribution in [0.5, 0.6) is 5.75 Å². The molecule has 0 saturated heterocycles. The predicted molar refractivity (Wildman–Crippen MR) is 83.6 cm³/mol. The van der Waals surface area contributed by atoms with Crippen LogP contribution in [0.25, 0.3) is 0 Å². The van der Waals surface area contributed by atoms with Crippen LogP contribution in [0.3, 0.4) is 0 Å². The van der Waals surface area contributed by atoms with Crippen molar-refractivity contribution in [3.8, 4) is 11.8 Å². The van der Waals surface area contributed by atoms with Crippen LogP contribution in [0.2, 0.25) is 0 Å². The van der Waals surface area contributed by atoms with Crippen molar-refractivity contribution in [3.05, 3.63) is 29.8 Å². The molecule has 1 atom stereocenters. The summed E-state index contributed by atoms with van der Waals surface area (Å²) in [7, 11) is 1.71. The van der Waals surface area contributed by atoms with Crippen molar-refractivity contribution in [3.63, 3.8) is 0 Å². The second kappa shape index (κ2) is 8.83. The van der Waals surface area contributed by atoms with Crippen molar-refractivity contribution in [2.45, 2.75) is 39.2 Å². The highest BCUT2D eigenvalue weighted by Gasteiger charge is 2.14. The van der Waals surface area contributed by atoms with Crippen LogP contribution in [0.15, 0.2) is 24.3 Å². The Morgan fingerprint density at radius 2 is 2.14 bits per heavy atom. The molecule has 0 fully saturated rings. The smallest absolute Gasteiger partial charge is 0.222 e. The summed E-state index contributed by atoms with van der Waals surface area (Å²) in [6.07, 6.45) is 1.29. The number of ketones is 1. The Bertz CT molecular complexity index is 563. The average molecular weight is 302 g/mol. The van der Waals surface area contributed by atoms with E-state index < -0.39 is 0 Å². The second-order valence-electron chi connectivity index (χ2n) is 5.25. The molecule has 0 bridgehead atoms. The Morgan fingerprint density at radius 1 is 1.41 bits per heavy atom. The molecular formula is C17H22N2O3. The van der Waals surface area contributed by atoms with Gasteiger partial charge in [-0.25, -0.2) is 0 Å². The number of carbonyl (C=O) groups is 2. The van der Waals surface area contributed by atoms with Crippen molar-refractivity contribution in [1.82, 2.24) is 4.90 Å². The summed E-state index contributed by atoms with van der Waals surface area (Å²) >= 11 is 0. The lowest BCUT2D eigenvalue weighted by molar-refractivity contribution is -0.131. The van der Waals surface area contributed by atoms with Gasteiger partial charge in [-0.2, -0.15) is 5.26 Å². The lowest BCUT2D eigenvalue weighted by atomic mass is 10.1. The summed E-state index contributed by atoms with van der Waals surface area (Å²) in [6.45, 7) is 3.77. The molecule has 0 aliphatic rings. The lowest BCUT2D eigenvalue weighted by Crippen LogP contribution is -2.34. The minimum atomic E-state index is -0.0781. The molecule has 0 N–H and O–H groups in total. The van der Waals surface area contributed by atoms with E-state index in [2.05, 4.69) is 6.07 Å². The van der Waals surface area contributed by atoms with E-state index in [0.29, 0.717) is 37.2 Å². The van der Waals surface area contributed by atoms with Gasteiger partial charge >= 0.3 is 0 Å². The molecule has 1 aromatic rings. The summed E-state index contributed by atoms with van der Waals surface area (Å²) in [5.74, 6) is 0.629. The standard InChI is InChI=1S/C17H22N2O3/c1-13(9-10-18)19(3)17(21)8-5-11-22-16-7-4-6-15(12-16)14(2)20/h4,6-7,12-13H,5,8-9,11H2,1-3H3. The number of rotatable bonds is 8. The Kier molecular flexibility index (Phi) is 7.11. The van der Waals surface area contributed by atoms with Crippen molar-refractivity contribution < 1.29 is 14.3 Å². The van der Waals surface area contributed by atoms with Gasteiger partial charge in [0.05, 0.1) is 19.1 Å². The van der Waals surface area contributed by atoms with E-state index in [-0.39, 0.29) is 17.7 Å². The van der Waals surface area contributed by atoms with Crippen LogP contribution in [0.4, 0.5) is 0 Å². The third-order valence-electron chi connectivity index (χ3n) is 3.49. The molecule has 1 amide bonds. The summed E-state index contributed by atoms with van der Waals surface area (Å²) < 4.78 is 5.56. The highest BCUT2D eigenvalue weighted by atomic mass is 16.5. The maximum atomic E-state index is 11.9. The SMILES string of the molecule is CC(=O)c1cccc(OCCCC(=O)N(C)C(C)CC#N)c1. The van der Waals surface area contributed by atoms with E-state index in [1.165, 1.54) is 6.92 Å². The molecule has 1 unspecified atom stereocenters. The summed E-state index contributed by atoms with van der Waals surface area (Å²) in [5, 5.41) is 8.64. The van der Waals surface area contributed by atoms with Gasteiger partial charge in [0.2, 0.25) is 5.91 Å². The van der Waals surface area contributed by atoms with E-state index >= 15 is 0 Å². The van der Waals surface area contributed by atoms with Gasteiger partial charge in [0.1, 0.15) is 5.75 Å². The molecule has 0 radical (unpaired) electrons. The van der Waals surface area contributed by atoms with Crippen LogP contribution < -0.4 is 4.74 Å². The zero-order valence-electron chi connectivity index (χ0n) is 13.3. The fraction of sp³-hybridized carbons (Fsp3) is 0.471. The summed E-state index contributed by atoms with van der Waals surface area (Å²) in [6, 6.07) is 8.98. The Labute approximate surface area is 131 Å². The third kappa shape index (κ3) is 5.57. The molecular weight excluding hydrogens is 280 g/mol. The number of carbonyl (C=O) groups excluding carboxylic acids is 2. The first kappa shape index (κ1) is 17.7. The monoisotopic (exact) mass is 302 g/mol. The van der Waals surface area contributed by atoms with Crippen LogP contribution >= 0.6 is 0 Å². The first-order valence-corrected chi connectivity index (χ1v) is 7.32. The van der Waals surface area contributed by atoms with Crippen LogP contribution in [-0.2, 0) is 4.79 Å². The molecule has 22 heavy (non-hydrogen) atoms. The average Bonchev–Trinajstić information content (AvgIpc) is 2.51. The number of Topliss-reactive ketones (excluding diaryl/α,β-unsaturated/α-hetero) is 1. The number of ether oxygens (including phenoxy) is 1. The van der Waals surface area contributed by atoms with Crippen molar-refractivity contribution in [1.29, 1.82) is 5.26 Å². The van der Waals surface area contributed by atoms with Crippen LogP contribution in [0.1, 0.15) is 43.5 Å². The van der Waals surface area contributed by atoms with Crippen LogP contribution in [-0.4, -0.2) is 36.3 Å². The van der Waals surface area contributed by atoms with E-state index in [4.69, 9.17) is 10.00 Å². The minimum absolute atomic E-state index is 0.00355. The predicted octanol–water partition coefficient (Wildman–Crippen LogP) is 2.81. The number of nitrogens with zero attached hydrogens (tertiary/aromatic N) is 2. The number of nitriles is 1. The molecule has 0 aliphatic carbocycles. The Morgan fingerprint density at radius 3 is 2.77 bits per heavy atom. The minimum Gasteiger partial charge on any atom is -0.494 e. The van der Waals surface area contributed by atoms with E-state index in [9.17, 15) is 9.59 Å². The maximum Gasteiger partial charge on any atom is 0.222 e. The Hall–Kier alpha value is -2.35. The van der Waals surface area contributed by atoms with Gasteiger partial charge < -0.3 is 9.64 Å². The number of hydrogen-bond acceptors (Lipinski definition) is 4. The molecule has 118 valence electrons. The quantitative estimate of drug-likeness (QED) is 0.547. The molecule has 1 aromatic carbocycles. The van der Waals surface area contributed by atoms with Gasteiger partial charge in [0.15, 0.2) is 5.78 Å². The molecule has 0 spiro atoms. The van der Waals surface area contributed by atoms with Gasteiger partial charge in [0, 0.05) is 25.1 Å². The first-order valence-electron chi connectivity index (χ1n) is 7.32. The van der Waals surface area contributed by atoms with Crippen molar-refractivity contribution >= 4 is 11.7 Å². The molecule has 0 aliphatic heterocycles. The van der Waals surface area contributed by atoms with E-state index in [1.54, 1.807) is 36.2 Å². The molecule has 5 nitrogen and oxygen atoms in total. The molecule has 5 heteroatoms. The topological polar surface area (TPSA) is 70.4 Å².